The molecular formula is C10H10O4. The fourth-order valence-corrected chi connectivity index (χ4v) is 1.31. The SMILES string of the molecule is C=O.O=C1OC(O)Cc2ccccc21. The van der Waals surface area contributed by atoms with Crippen molar-refractivity contribution in [3.8, 4) is 0 Å². The van der Waals surface area contributed by atoms with Crippen LogP contribution in [0.15, 0.2) is 24.3 Å². The minimum absolute atomic E-state index is 0.391. The average molecular weight is 194 g/mol. The monoisotopic (exact) mass is 194 g/mol. The summed E-state index contributed by atoms with van der Waals surface area (Å²) in [6, 6.07) is 7.13. The minimum Gasteiger partial charge on any atom is -0.432 e. The highest BCUT2D eigenvalue weighted by Crippen LogP contribution is 2.18. The lowest BCUT2D eigenvalue weighted by atomic mass is 10.0. The van der Waals surface area contributed by atoms with E-state index in [1.165, 1.54) is 0 Å². The van der Waals surface area contributed by atoms with Crippen LogP contribution in [0.5, 0.6) is 0 Å². The lowest BCUT2D eigenvalue weighted by molar-refractivity contribution is -0.0980. The molecule has 2 rings (SSSR count). The van der Waals surface area contributed by atoms with E-state index in [0.717, 1.165) is 5.56 Å². The third kappa shape index (κ3) is 1.97. The van der Waals surface area contributed by atoms with E-state index in [1.54, 1.807) is 12.1 Å². The summed E-state index contributed by atoms with van der Waals surface area (Å²) >= 11 is 0. The van der Waals surface area contributed by atoms with Gasteiger partial charge in [0.25, 0.3) is 0 Å². The Morgan fingerprint density at radius 1 is 1.36 bits per heavy atom. The van der Waals surface area contributed by atoms with E-state index in [9.17, 15) is 4.79 Å². The van der Waals surface area contributed by atoms with Gasteiger partial charge in [-0.05, 0) is 11.6 Å². The molecule has 0 spiro atoms. The molecule has 74 valence electrons. The lowest BCUT2D eigenvalue weighted by Crippen LogP contribution is -2.26. The molecule has 0 saturated heterocycles. The van der Waals surface area contributed by atoms with Crippen LogP contribution in [-0.2, 0) is 16.0 Å². The van der Waals surface area contributed by atoms with E-state index >= 15 is 0 Å². The summed E-state index contributed by atoms with van der Waals surface area (Å²) in [7, 11) is 0. The normalized spacial score (nSPS) is 18.6. The molecule has 0 aliphatic carbocycles. The van der Waals surface area contributed by atoms with Crippen molar-refractivity contribution in [1.29, 1.82) is 0 Å². The van der Waals surface area contributed by atoms with Crippen LogP contribution >= 0.6 is 0 Å². The molecule has 1 heterocycles. The standard InChI is InChI=1S/C9H8O3.CH2O/c10-8-5-6-3-1-2-4-7(6)9(11)12-8;1-2/h1-4,8,10H,5H2;1H2. The minimum atomic E-state index is -0.979. The molecule has 1 aliphatic heterocycles. The zero-order valence-corrected chi connectivity index (χ0v) is 7.47. The van der Waals surface area contributed by atoms with Crippen molar-refractivity contribution in [3.05, 3.63) is 35.4 Å². The Labute approximate surface area is 81.1 Å². The fourth-order valence-electron chi connectivity index (χ4n) is 1.31. The number of aliphatic hydroxyl groups excluding tert-OH is 1. The first-order valence-corrected chi connectivity index (χ1v) is 4.03. The van der Waals surface area contributed by atoms with Gasteiger partial charge in [0.2, 0.25) is 6.29 Å². The van der Waals surface area contributed by atoms with Gasteiger partial charge in [-0.3, -0.25) is 0 Å². The van der Waals surface area contributed by atoms with Gasteiger partial charge in [-0.2, -0.15) is 0 Å². The summed E-state index contributed by atoms with van der Waals surface area (Å²) in [5.41, 5.74) is 1.41. The quantitative estimate of drug-likeness (QED) is 0.612. The molecule has 1 unspecified atom stereocenters. The van der Waals surface area contributed by atoms with Crippen molar-refractivity contribution in [2.24, 2.45) is 0 Å². The Morgan fingerprint density at radius 2 is 2.00 bits per heavy atom. The number of fused-ring (bicyclic) bond motifs is 1. The number of esters is 1. The zero-order chi connectivity index (χ0) is 10.6. The molecule has 14 heavy (non-hydrogen) atoms. The van der Waals surface area contributed by atoms with E-state index in [0.29, 0.717) is 12.0 Å². The van der Waals surface area contributed by atoms with Gasteiger partial charge in [-0.15, -0.1) is 0 Å². The van der Waals surface area contributed by atoms with Crippen molar-refractivity contribution in [2.75, 3.05) is 0 Å². The largest absolute Gasteiger partial charge is 0.432 e. The predicted octanol–water partition coefficient (Wildman–Crippen LogP) is 0.533. The van der Waals surface area contributed by atoms with Gasteiger partial charge in [-0.1, -0.05) is 18.2 Å². The molecule has 0 aromatic heterocycles. The number of carbonyl (C=O) groups excluding carboxylic acids is 2. The molecule has 0 saturated carbocycles. The molecule has 0 bridgehead atoms. The van der Waals surface area contributed by atoms with Crippen LogP contribution in [0, 0.1) is 0 Å². The third-order valence-electron chi connectivity index (χ3n) is 1.87. The van der Waals surface area contributed by atoms with Crippen LogP contribution in [0.2, 0.25) is 0 Å². The molecular weight excluding hydrogens is 184 g/mol. The number of cyclic esters (lactones) is 1. The second-order valence-electron chi connectivity index (χ2n) is 2.72. The predicted molar refractivity (Wildman–Crippen MR) is 48.7 cm³/mol. The Balaban J connectivity index is 0.000000461. The number of rotatable bonds is 0. The summed E-state index contributed by atoms with van der Waals surface area (Å²) in [4.78, 5) is 19.1. The molecule has 1 atom stereocenters. The Bertz CT molecular complexity index is 335. The van der Waals surface area contributed by atoms with E-state index in [4.69, 9.17) is 9.90 Å². The van der Waals surface area contributed by atoms with Gasteiger partial charge in [0, 0.05) is 6.42 Å². The maximum Gasteiger partial charge on any atom is 0.340 e. The average Bonchev–Trinajstić information content (AvgIpc) is 2.20. The van der Waals surface area contributed by atoms with E-state index in [2.05, 4.69) is 4.74 Å². The van der Waals surface area contributed by atoms with Gasteiger partial charge in [0.15, 0.2) is 0 Å². The summed E-state index contributed by atoms with van der Waals surface area (Å²) in [6.45, 7) is 2.00. The van der Waals surface area contributed by atoms with E-state index < -0.39 is 12.3 Å². The lowest BCUT2D eigenvalue weighted by Gasteiger charge is -2.19. The topological polar surface area (TPSA) is 63.6 Å². The maximum atomic E-state index is 11.1. The van der Waals surface area contributed by atoms with Gasteiger partial charge >= 0.3 is 5.97 Å². The van der Waals surface area contributed by atoms with Crippen LogP contribution in [-0.4, -0.2) is 24.2 Å². The second kappa shape index (κ2) is 4.53. The molecule has 4 nitrogen and oxygen atoms in total. The van der Waals surface area contributed by atoms with Crippen molar-refractivity contribution < 1.29 is 19.4 Å². The first kappa shape index (κ1) is 10.4. The summed E-state index contributed by atoms with van der Waals surface area (Å²) in [6.07, 6.45) is -0.588. The van der Waals surface area contributed by atoms with Crippen molar-refractivity contribution in [1.82, 2.24) is 0 Å². The summed E-state index contributed by atoms with van der Waals surface area (Å²) in [5.74, 6) is -0.440. The smallest absolute Gasteiger partial charge is 0.340 e. The molecule has 0 amide bonds. The van der Waals surface area contributed by atoms with Crippen molar-refractivity contribution in [3.63, 3.8) is 0 Å². The number of hydrogen-bond acceptors (Lipinski definition) is 4. The van der Waals surface area contributed by atoms with Gasteiger partial charge in [-0.25, -0.2) is 4.79 Å². The van der Waals surface area contributed by atoms with E-state index in [-0.39, 0.29) is 0 Å². The highest BCUT2D eigenvalue weighted by atomic mass is 16.6. The van der Waals surface area contributed by atoms with Crippen LogP contribution in [0.1, 0.15) is 15.9 Å². The molecule has 4 heteroatoms. The molecule has 0 fully saturated rings. The maximum absolute atomic E-state index is 11.1. The summed E-state index contributed by atoms with van der Waals surface area (Å²) in [5, 5.41) is 9.08. The van der Waals surface area contributed by atoms with Crippen molar-refractivity contribution >= 4 is 12.8 Å². The van der Waals surface area contributed by atoms with Gasteiger partial charge in [0.05, 0.1) is 5.56 Å². The number of ether oxygens (including phenoxy) is 1. The molecule has 1 aromatic carbocycles. The summed E-state index contributed by atoms with van der Waals surface area (Å²) < 4.78 is 4.63. The number of aliphatic hydroxyl groups is 1. The number of carbonyl (C=O) groups is 2. The van der Waals surface area contributed by atoms with Crippen LogP contribution < -0.4 is 0 Å². The Morgan fingerprint density at radius 3 is 2.71 bits per heavy atom. The highest BCUT2D eigenvalue weighted by Gasteiger charge is 2.23. The molecule has 1 N–H and O–H groups in total. The zero-order valence-electron chi connectivity index (χ0n) is 7.47. The molecule has 1 aromatic rings. The first-order valence-electron chi connectivity index (χ1n) is 4.03. The second-order valence-corrected chi connectivity index (χ2v) is 2.72. The first-order chi connectivity index (χ1) is 6.77. The molecule has 1 aliphatic rings. The number of benzene rings is 1. The van der Waals surface area contributed by atoms with Gasteiger partial charge < -0.3 is 14.6 Å². The number of hydrogen-bond donors (Lipinski definition) is 1. The Kier molecular flexibility index (Phi) is 3.36. The fraction of sp³-hybridized carbons (Fsp3) is 0.200. The van der Waals surface area contributed by atoms with Crippen molar-refractivity contribution in [2.45, 2.75) is 12.7 Å². The van der Waals surface area contributed by atoms with Crippen LogP contribution in [0.3, 0.4) is 0 Å². The van der Waals surface area contributed by atoms with Crippen LogP contribution in [0.4, 0.5) is 0 Å². The van der Waals surface area contributed by atoms with Crippen LogP contribution in [0.25, 0.3) is 0 Å². The highest BCUT2D eigenvalue weighted by molar-refractivity contribution is 5.92. The van der Waals surface area contributed by atoms with E-state index in [1.807, 2.05) is 18.9 Å². The third-order valence-corrected chi connectivity index (χ3v) is 1.87. The van der Waals surface area contributed by atoms with Gasteiger partial charge in [0.1, 0.15) is 6.79 Å². The molecule has 0 radical (unpaired) electrons. The Hall–Kier alpha value is -1.68.